The molecule has 0 rings (SSSR count). The van der Waals surface area contributed by atoms with Crippen LogP contribution in [0.1, 0.15) is 0 Å². The van der Waals surface area contributed by atoms with Crippen molar-refractivity contribution in [1.82, 2.24) is 0 Å². The molecular weight excluding hydrogens is 407 g/mol. The summed E-state index contributed by atoms with van der Waals surface area (Å²) in [4.78, 5) is 0. The summed E-state index contributed by atoms with van der Waals surface area (Å²) in [5.41, 5.74) is 9.00. The molecule has 2 nitrogen and oxygen atoms in total. The van der Waals surface area contributed by atoms with Gasteiger partial charge in [-0.3, -0.25) is 0 Å². The molecule has 0 aromatic rings. The van der Waals surface area contributed by atoms with Gasteiger partial charge in [0.25, 0.3) is 0 Å². The zero-order valence-corrected chi connectivity index (χ0v) is 9.67. The maximum atomic E-state index is 4.50. The molecule has 0 amide bonds. The van der Waals surface area contributed by atoms with Crippen LogP contribution in [0.2, 0.25) is 0 Å². The fourth-order valence-corrected chi connectivity index (χ4v) is 0. The average molecular weight is 417 g/mol. The fourth-order valence-electron chi connectivity index (χ4n) is 0. The zero-order chi connectivity index (χ0) is 4.00. The van der Waals surface area contributed by atoms with E-state index in [4.69, 9.17) is 0 Å². The van der Waals surface area contributed by atoms with E-state index in [1.165, 1.54) is 14.1 Å². The predicted octanol–water partition coefficient (Wildman–Crippen LogP) is -6.84. The Morgan fingerprint density at radius 2 is 0.714 bits per heavy atom. The van der Waals surface area contributed by atoms with E-state index >= 15 is 0 Å². The van der Waals surface area contributed by atoms with Crippen LogP contribution in [-0.4, -0.2) is 14.1 Å². The molecule has 0 saturated carbocycles. The van der Waals surface area contributed by atoms with Gasteiger partial charge in [0.05, 0.1) is 0 Å². The normalized spacial score (nSPS) is 1.71. The fraction of sp³-hybridized carbons (Fsp3) is 1.00. The summed E-state index contributed by atoms with van der Waals surface area (Å²) in [6.45, 7) is 0. The summed E-state index contributed by atoms with van der Waals surface area (Å²) in [5, 5.41) is 0. The Bertz CT molecular complexity index is 13.7. The first-order valence-electron chi connectivity index (χ1n) is 1.15. The molecule has 0 aliphatic rings. The molecule has 4 N–H and O–H groups in total. The van der Waals surface area contributed by atoms with Crippen molar-refractivity contribution in [3.8, 4) is 0 Å². The van der Waals surface area contributed by atoms with Gasteiger partial charge in [0, 0.05) is 0 Å². The van der Waals surface area contributed by atoms with E-state index in [1.54, 1.807) is 0 Å². The van der Waals surface area contributed by atoms with Crippen LogP contribution in [-0.2, 0) is 21.1 Å². The van der Waals surface area contributed by atoms with E-state index in [-0.39, 0.29) is 55.0 Å². The number of rotatable bonds is 0. The third kappa shape index (κ3) is 95.4. The van der Waals surface area contributed by atoms with Crippen molar-refractivity contribution in [3.05, 3.63) is 0 Å². The quantitative estimate of drug-likeness (QED) is 0.412. The molecule has 0 aromatic carbocycles. The molecule has 0 bridgehead atoms. The standard InChI is InChI=1S/2CH5N.2BrH.Pt/c2*1-2;;;/h2*2H2,1H3;2*1H;/q;;;;+2/p-2. The Balaban J connectivity index is -0.00000000267. The van der Waals surface area contributed by atoms with Crippen molar-refractivity contribution in [2.75, 3.05) is 14.1 Å². The Labute approximate surface area is 80.2 Å². The summed E-state index contributed by atoms with van der Waals surface area (Å²) in [6.07, 6.45) is 0. The third-order valence-corrected chi connectivity index (χ3v) is 0. The molecule has 0 aromatic heterocycles. The Kier molecular flexibility index (Phi) is 731. The minimum absolute atomic E-state index is 0. The summed E-state index contributed by atoms with van der Waals surface area (Å²) in [7, 11) is 3.00. The summed E-state index contributed by atoms with van der Waals surface area (Å²) in [6, 6.07) is 0. The van der Waals surface area contributed by atoms with Gasteiger partial charge in [0.15, 0.2) is 0 Å². The monoisotopic (exact) mass is 415 g/mol. The average Bonchev–Trinajstić information content (AvgIpc) is 1.50. The summed E-state index contributed by atoms with van der Waals surface area (Å²) in [5.74, 6) is 0. The maximum Gasteiger partial charge on any atom is 2.00 e. The molecular formula is C2H10Br2N2Pt. The van der Waals surface area contributed by atoms with Gasteiger partial charge in [-0.2, -0.15) is 0 Å². The maximum absolute atomic E-state index is 4.50. The van der Waals surface area contributed by atoms with Crippen LogP contribution in [0.3, 0.4) is 0 Å². The van der Waals surface area contributed by atoms with Crippen LogP contribution in [0.4, 0.5) is 0 Å². The van der Waals surface area contributed by atoms with Gasteiger partial charge in [-0.15, -0.1) is 0 Å². The first kappa shape index (κ1) is 38.5. The van der Waals surface area contributed by atoms with Crippen LogP contribution in [0, 0.1) is 0 Å². The Morgan fingerprint density at radius 1 is 0.714 bits per heavy atom. The van der Waals surface area contributed by atoms with Crippen molar-refractivity contribution >= 4 is 0 Å². The number of halogens is 2. The molecule has 7 heavy (non-hydrogen) atoms. The van der Waals surface area contributed by atoms with Crippen molar-refractivity contribution in [1.29, 1.82) is 0 Å². The SMILES string of the molecule is CN.CN.[Br-].[Br-].[Pt+2]. The minimum atomic E-state index is 0. The van der Waals surface area contributed by atoms with E-state index in [9.17, 15) is 0 Å². The summed E-state index contributed by atoms with van der Waals surface area (Å²) >= 11 is 0. The molecule has 52 valence electrons. The molecule has 0 saturated heterocycles. The molecule has 5 heteroatoms. The van der Waals surface area contributed by atoms with E-state index < -0.39 is 0 Å². The second-order valence-corrected chi connectivity index (χ2v) is 0. The predicted molar refractivity (Wildman–Crippen MR) is 20.2 cm³/mol. The largest absolute Gasteiger partial charge is 2.00 e. The third-order valence-electron chi connectivity index (χ3n) is 0. The van der Waals surface area contributed by atoms with E-state index in [1.807, 2.05) is 0 Å². The van der Waals surface area contributed by atoms with Crippen molar-refractivity contribution < 1.29 is 55.0 Å². The van der Waals surface area contributed by atoms with Crippen LogP contribution >= 0.6 is 0 Å². The summed E-state index contributed by atoms with van der Waals surface area (Å²) < 4.78 is 0. The smallest absolute Gasteiger partial charge is 1.00 e. The van der Waals surface area contributed by atoms with Crippen LogP contribution in [0.5, 0.6) is 0 Å². The zero-order valence-electron chi connectivity index (χ0n) is 4.23. The molecule has 0 atom stereocenters. The van der Waals surface area contributed by atoms with Crippen molar-refractivity contribution in [2.45, 2.75) is 0 Å². The van der Waals surface area contributed by atoms with Crippen LogP contribution < -0.4 is 45.4 Å². The second kappa shape index (κ2) is 133. The van der Waals surface area contributed by atoms with Crippen molar-refractivity contribution in [3.63, 3.8) is 0 Å². The van der Waals surface area contributed by atoms with Gasteiger partial charge >= 0.3 is 21.1 Å². The van der Waals surface area contributed by atoms with Crippen molar-refractivity contribution in [2.24, 2.45) is 11.5 Å². The Hall–Kier alpha value is 1.57. The van der Waals surface area contributed by atoms with E-state index in [0.717, 1.165) is 0 Å². The second-order valence-electron chi connectivity index (χ2n) is 0. The van der Waals surface area contributed by atoms with Crippen LogP contribution in [0.25, 0.3) is 0 Å². The first-order valence-corrected chi connectivity index (χ1v) is 1.15. The first-order chi connectivity index (χ1) is 2.00. The topological polar surface area (TPSA) is 52.0 Å². The molecule has 0 heterocycles. The molecule has 0 radical (unpaired) electrons. The van der Waals surface area contributed by atoms with E-state index in [0.29, 0.717) is 0 Å². The van der Waals surface area contributed by atoms with Gasteiger partial charge in [0.1, 0.15) is 0 Å². The number of hydrogen-bond donors (Lipinski definition) is 2. The minimum Gasteiger partial charge on any atom is -1.00 e. The molecule has 0 aliphatic heterocycles. The van der Waals surface area contributed by atoms with Gasteiger partial charge in [-0.05, 0) is 14.1 Å². The van der Waals surface area contributed by atoms with Gasteiger partial charge in [-0.1, -0.05) is 0 Å². The van der Waals surface area contributed by atoms with E-state index in [2.05, 4.69) is 11.5 Å². The number of nitrogens with two attached hydrogens (primary N) is 2. The van der Waals surface area contributed by atoms with Gasteiger partial charge in [0.2, 0.25) is 0 Å². The number of hydrogen-bond acceptors (Lipinski definition) is 2. The van der Waals surface area contributed by atoms with Crippen LogP contribution in [0.15, 0.2) is 0 Å². The molecule has 0 aliphatic carbocycles. The van der Waals surface area contributed by atoms with Gasteiger partial charge in [-0.25, -0.2) is 0 Å². The van der Waals surface area contributed by atoms with Gasteiger partial charge < -0.3 is 45.4 Å². The molecule has 0 fully saturated rings. The Morgan fingerprint density at radius 3 is 0.714 bits per heavy atom. The molecule has 0 spiro atoms. The molecule has 0 unspecified atom stereocenters.